The van der Waals surface area contributed by atoms with Gasteiger partial charge in [-0.25, -0.2) is 14.4 Å². The van der Waals surface area contributed by atoms with Crippen molar-refractivity contribution in [1.29, 1.82) is 5.26 Å². The molecule has 0 N–H and O–H groups in total. The molecule has 0 fully saturated rings. The van der Waals surface area contributed by atoms with Crippen LogP contribution in [-0.4, -0.2) is 29.1 Å². The highest BCUT2D eigenvalue weighted by Gasteiger charge is 2.25. The van der Waals surface area contributed by atoms with Crippen molar-refractivity contribution in [2.75, 3.05) is 18.1 Å². The molecule has 0 saturated carbocycles. The van der Waals surface area contributed by atoms with Crippen molar-refractivity contribution in [3.05, 3.63) is 62.7 Å². The number of anilines is 1. The van der Waals surface area contributed by atoms with Gasteiger partial charge < -0.3 is 9.64 Å². The molecule has 0 unspecified atom stereocenters. The average Bonchev–Trinajstić information content (AvgIpc) is 3.33. The normalized spacial score (nSPS) is 12.9. The maximum atomic E-state index is 15.1. The lowest BCUT2D eigenvalue weighted by molar-refractivity contribution is -0.143. The van der Waals surface area contributed by atoms with Crippen molar-refractivity contribution in [1.82, 2.24) is 9.97 Å². The fourth-order valence-corrected chi connectivity index (χ4v) is 4.54. The lowest BCUT2D eigenvalue weighted by Gasteiger charge is -2.31. The van der Waals surface area contributed by atoms with Gasteiger partial charge in [0.1, 0.15) is 17.7 Å². The number of esters is 1. The first-order chi connectivity index (χ1) is 15.5. The number of carbonyl (C=O) groups excluding carboxylic acids is 1. The van der Waals surface area contributed by atoms with Crippen molar-refractivity contribution in [3.8, 4) is 17.5 Å². The molecule has 1 aliphatic heterocycles. The number of nitrogens with zero attached hydrogens (tertiary/aromatic N) is 4. The van der Waals surface area contributed by atoms with Gasteiger partial charge in [-0.15, -0.1) is 11.3 Å². The first-order valence-electron chi connectivity index (χ1n) is 10.5. The van der Waals surface area contributed by atoms with Crippen molar-refractivity contribution in [2.45, 2.75) is 39.7 Å². The van der Waals surface area contributed by atoms with Gasteiger partial charge in [-0.1, -0.05) is 12.1 Å². The summed E-state index contributed by atoms with van der Waals surface area (Å²) in [6.45, 7) is 4.99. The van der Waals surface area contributed by atoms with Gasteiger partial charge in [0.05, 0.1) is 29.1 Å². The Kier molecular flexibility index (Phi) is 6.47. The van der Waals surface area contributed by atoms with E-state index in [2.05, 4.69) is 11.1 Å². The number of aryl methyl sites for hydroxylation is 2. The number of halogens is 1. The third kappa shape index (κ3) is 4.34. The smallest absolute Gasteiger partial charge is 0.306 e. The van der Waals surface area contributed by atoms with Gasteiger partial charge in [0, 0.05) is 24.9 Å². The van der Waals surface area contributed by atoms with Gasteiger partial charge in [0.2, 0.25) is 0 Å². The Morgan fingerprint density at radius 3 is 2.94 bits per heavy atom. The second kappa shape index (κ2) is 9.45. The predicted octanol–water partition coefficient (Wildman–Crippen LogP) is 4.58. The molecule has 8 heteroatoms. The molecule has 0 amide bonds. The number of carbonyl (C=O) groups is 1. The number of ether oxygens (including phenoxy) is 1. The standard InChI is InChI=1S/C24H23FN4O2S/c1-3-31-22(30)7-6-16-4-5-17-12-29(9-8-18(17)23(16)25)24-19(11-26)15(2)10-20(28-24)21-13-32-14-27-21/h4-5,10,13-14H,3,6-9,12H2,1-2H3. The topological polar surface area (TPSA) is 79.1 Å². The summed E-state index contributed by atoms with van der Waals surface area (Å²) in [5, 5.41) is 11.7. The number of aromatic nitrogens is 2. The van der Waals surface area contributed by atoms with Crippen LogP contribution in [-0.2, 0) is 28.9 Å². The van der Waals surface area contributed by atoms with Crippen LogP contribution in [0.5, 0.6) is 0 Å². The summed E-state index contributed by atoms with van der Waals surface area (Å²) in [6, 6.07) is 7.81. The van der Waals surface area contributed by atoms with Crippen LogP contribution in [0.25, 0.3) is 11.4 Å². The summed E-state index contributed by atoms with van der Waals surface area (Å²) in [7, 11) is 0. The second-order valence-electron chi connectivity index (χ2n) is 7.66. The lowest BCUT2D eigenvalue weighted by atomic mass is 9.94. The molecule has 3 heterocycles. The van der Waals surface area contributed by atoms with E-state index in [0.29, 0.717) is 55.0 Å². The lowest BCUT2D eigenvalue weighted by Crippen LogP contribution is -2.32. The number of fused-ring (bicyclic) bond motifs is 1. The molecule has 0 radical (unpaired) electrons. The van der Waals surface area contributed by atoms with E-state index < -0.39 is 0 Å². The Hall–Kier alpha value is -3.31. The first-order valence-corrected chi connectivity index (χ1v) is 11.5. The van der Waals surface area contributed by atoms with Crippen LogP contribution < -0.4 is 4.90 Å². The van der Waals surface area contributed by atoms with E-state index >= 15 is 4.39 Å². The molecular weight excluding hydrogens is 427 g/mol. The minimum atomic E-state index is -0.318. The molecular formula is C24H23FN4O2S. The number of pyridine rings is 1. The second-order valence-corrected chi connectivity index (χ2v) is 8.38. The zero-order valence-corrected chi connectivity index (χ0v) is 18.8. The van der Waals surface area contributed by atoms with Gasteiger partial charge in [-0.05, 0) is 55.0 Å². The minimum absolute atomic E-state index is 0.161. The number of benzene rings is 1. The Balaban J connectivity index is 1.61. The summed E-state index contributed by atoms with van der Waals surface area (Å²) in [6.07, 6.45) is 0.978. The van der Waals surface area contributed by atoms with E-state index in [0.717, 1.165) is 22.5 Å². The van der Waals surface area contributed by atoms with Gasteiger partial charge in [0.15, 0.2) is 0 Å². The van der Waals surface area contributed by atoms with Crippen LogP contribution in [0, 0.1) is 24.1 Å². The maximum absolute atomic E-state index is 15.1. The molecule has 0 spiro atoms. The molecule has 2 aromatic heterocycles. The Morgan fingerprint density at radius 1 is 1.38 bits per heavy atom. The molecule has 0 atom stereocenters. The number of hydrogen-bond acceptors (Lipinski definition) is 7. The van der Waals surface area contributed by atoms with Crippen LogP contribution in [0.15, 0.2) is 29.1 Å². The number of hydrogen-bond donors (Lipinski definition) is 0. The Labute approximate surface area is 190 Å². The molecule has 164 valence electrons. The van der Waals surface area contributed by atoms with Crippen molar-refractivity contribution < 1.29 is 13.9 Å². The average molecular weight is 451 g/mol. The molecule has 1 aliphatic rings. The molecule has 0 saturated heterocycles. The van der Waals surface area contributed by atoms with Gasteiger partial charge >= 0.3 is 5.97 Å². The van der Waals surface area contributed by atoms with Crippen molar-refractivity contribution >= 4 is 23.1 Å². The number of thiazole rings is 1. The van der Waals surface area contributed by atoms with E-state index in [1.165, 1.54) is 11.3 Å². The summed E-state index contributed by atoms with van der Waals surface area (Å²) in [5.74, 6) is 0.0431. The molecule has 4 rings (SSSR count). The third-order valence-electron chi connectivity index (χ3n) is 5.62. The summed E-state index contributed by atoms with van der Waals surface area (Å²) in [4.78, 5) is 22.7. The highest BCUT2D eigenvalue weighted by atomic mass is 32.1. The van der Waals surface area contributed by atoms with Crippen LogP contribution >= 0.6 is 11.3 Å². The zero-order valence-electron chi connectivity index (χ0n) is 18.0. The Morgan fingerprint density at radius 2 is 2.22 bits per heavy atom. The zero-order chi connectivity index (χ0) is 22.7. The highest BCUT2D eigenvalue weighted by molar-refractivity contribution is 7.07. The minimum Gasteiger partial charge on any atom is -0.466 e. The largest absolute Gasteiger partial charge is 0.466 e. The van der Waals surface area contributed by atoms with E-state index in [-0.39, 0.29) is 18.2 Å². The van der Waals surface area contributed by atoms with Crippen LogP contribution in [0.1, 0.15) is 41.2 Å². The molecule has 6 nitrogen and oxygen atoms in total. The monoisotopic (exact) mass is 450 g/mol. The summed E-state index contributed by atoms with van der Waals surface area (Å²) < 4.78 is 20.1. The predicted molar refractivity (Wildman–Crippen MR) is 121 cm³/mol. The Bertz CT molecular complexity index is 1190. The van der Waals surface area contributed by atoms with Gasteiger partial charge in [-0.2, -0.15) is 5.26 Å². The summed E-state index contributed by atoms with van der Waals surface area (Å²) in [5.41, 5.74) is 6.70. The van der Waals surface area contributed by atoms with E-state index in [9.17, 15) is 10.1 Å². The fraction of sp³-hybridized carbons (Fsp3) is 0.333. The van der Waals surface area contributed by atoms with Crippen LogP contribution in [0.3, 0.4) is 0 Å². The molecule has 1 aromatic carbocycles. The molecule has 0 aliphatic carbocycles. The SMILES string of the molecule is CCOC(=O)CCc1ccc2c(c1F)CCN(c1nc(-c3cscn3)cc(C)c1C#N)C2. The maximum Gasteiger partial charge on any atom is 0.306 e. The van der Waals surface area contributed by atoms with E-state index in [4.69, 9.17) is 9.72 Å². The van der Waals surface area contributed by atoms with Gasteiger partial charge in [0.25, 0.3) is 0 Å². The van der Waals surface area contributed by atoms with E-state index in [1.807, 2.05) is 29.3 Å². The van der Waals surface area contributed by atoms with E-state index in [1.54, 1.807) is 18.5 Å². The van der Waals surface area contributed by atoms with Crippen molar-refractivity contribution in [3.63, 3.8) is 0 Å². The fourth-order valence-electron chi connectivity index (χ4n) is 4.00. The third-order valence-corrected chi connectivity index (χ3v) is 6.21. The number of nitriles is 1. The quantitative estimate of drug-likeness (QED) is 0.512. The van der Waals surface area contributed by atoms with Crippen molar-refractivity contribution in [2.24, 2.45) is 0 Å². The molecule has 32 heavy (non-hydrogen) atoms. The summed E-state index contributed by atoms with van der Waals surface area (Å²) >= 11 is 1.49. The van der Waals surface area contributed by atoms with Crippen LogP contribution in [0.4, 0.5) is 10.2 Å². The highest BCUT2D eigenvalue weighted by Crippen LogP contribution is 2.32. The van der Waals surface area contributed by atoms with Gasteiger partial charge in [-0.3, -0.25) is 4.79 Å². The molecule has 0 bridgehead atoms. The van der Waals surface area contributed by atoms with Crippen LogP contribution in [0.2, 0.25) is 0 Å². The molecule has 3 aromatic rings. The first kappa shape index (κ1) is 21.9. The number of rotatable bonds is 6.